The van der Waals surface area contributed by atoms with Crippen LogP contribution in [0.1, 0.15) is 6.42 Å². The van der Waals surface area contributed by atoms with Crippen molar-refractivity contribution in [1.82, 2.24) is 0 Å². The fourth-order valence-corrected chi connectivity index (χ4v) is 1.63. The molecule has 1 aromatic rings. The average molecular weight is 241 g/mol. The lowest BCUT2D eigenvalue weighted by atomic mass is 10.3. The molecule has 0 radical (unpaired) electrons. The molecule has 6 heteroatoms. The van der Waals surface area contributed by atoms with E-state index in [-0.39, 0.29) is 12.2 Å². The van der Waals surface area contributed by atoms with Gasteiger partial charge in [-0.1, -0.05) is 0 Å². The summed E-state index contributed by atoms with van der Waals surface area (Å²) in [5.41, 5.74) is 0.502. The van der Waals surface area contributed by atoms with E-state index in [2.05, 4.69) is 4.74 Å². The molecule has 0 bridgehead atoms. The zero-order valence-corrected chi connectivity index (χ0v) is 8.73. The van der Waals surface area contributed by atoms with E-state index in [1.807, 2.05) is 0 Å². The van der Waals surface area contributed by atoms with Crippen LogP contribution in [-0.2, 0) is 9.59 Å². The third kappa shape index (κ3) is 2.41. The van der Waals surface area contributed by atoms with Crippen molar-refractivity contribution < 1.29 is 23.1 Å². The predicted octanol–water partition coefficient (Wildman–Crippen LogP) is 1.59. The molecule has 1 heterocycles. The first-order valence-electron chi connectivity index (χ1n) is 4.97. The molecule has 1 amide bonds. The van der Waals surface area contributed by atoms with E-state index in [0.29, 0.717) is 12.2 Å². The van der Waals surface area contributed by atoms with E-state index in [1.165, 1.54) is 29.2 Å². The van der Waals surface area contributed by atoms with E-state index in [9.17, 15) is 18.4 Å². The Morgan fingerprint density at radius 2 is 1.82 bits per heavy atom. The van der Waals surface area contributed by atoms with Gasteiger partial charge in [-0.05, 0) is 24.3 Å². The lowest BCUT2D eigenvalue weighted by molar-refractivity contribution is -0.133. The second-order valence-electron chi connectivity index (χ2n) is 3.50. The monoisotopic (exact) mass is 241 g/mol. The zero-order valence-electron chi connectivity index (χ0n) is 8.73. The number of carbonyl (C=O) groups excluding carboxylic acids is 2. The first kappa shape index (κ1) is 11.5. The van der Waals surface area contributed by atoms with Gasteiger partial charge in [-0.2, -0.15) is 8.78 Å². The van der Waals surface area contributed by atoms with Crippen molar-refractivity contribution in [3.63, 3.8) is 0 Å². The zero-order chi connectivity index (χ0) is 12.4. The molecule has 1 aliphatic heterocycles. The van der Waals surface area contributed by atoms with Gasteiger partial charge in [0.1, 0.15) is 5.75 Å². The van der Waals surface area contributed by atoms with E-state index in [4.69, 9.17) is 0 Å². The molecule has 2 rings (SSSR count). The van der Waals surface area contributed by atoms with Gasteiger partial charge in [0, 0.05) is 18.7 Å². The van der Waals surface area contributed by atoms with Crippen LogP contribution in [0.4, 0.5) is 14.5 Å². The van der Waals surface area contributed by atoms with Crippen LogP contribution in [0.3, 0.4) is 0 Å². The Balaban J connectivity index is 2.13. The maximum absolute atomic E-state index is 11.9. The number of Topliss-reactive ketones (excluding diaryl/α,β-unsaturated/α-hetero) is 1. The van der Waals surface area contributed by atoms with Gasteiger partial charge >= 0.3 is 6.61 Å². The van der Waals surface area contributed by atoms with Crippen LogP contribution in [0.25, 0.3) is 0 Å². The number of anilines is 1. The number of alkyl halides is 2. The highest BCUT2D eigenvalue weighted by molar-refractivity contribution is 6.43. The van der Waals surface area contributed by atoms with Gasteiger partial charge in [-0.25, -0.2) is 0 Å². The van der Waals surface area contributed by atoms with Gasteiger partial charge in [0.15, 0.2) is 0 Å². The van der Waals surface area contributed by atoms with Gasteiger partial charge in [-0.15, -0.1) is 0 Å². The molecule has 0 saturated carbocycles. The van der Waals surface area contributed by atoms with Gasteiger partial charge < -0.3 is 9.64 Å². The Kier molecular flexibility index (Phi) is 3.03. The largest absolute Gasteiger partial charge is 0.435 e. The molecule has 1 aromatic carbocycles. The van der Waals surface area contributed by atoms with Crippen LogP contribution in [-0.4, -0.2) is 24.8 Å². The lowest BCUT2D eigenvalue weighted by Crippen LogP contribution is -2.26. The molecule has 90 valence electrons. The molecule has 0 unspecified atom stereocenters. The van der Waals surface area contributed by atoms with Crippen molar-refractivity contribution in [1.29, 1.82) is 0 Å². The minimum Gasteiger partial charge on any atom is -0.435 e. The average Bonchev–Trinajstić information content (AvgIpc) is 2.60. The van der Waals surface area contributed by atoms with Gasteiger partial charge in [0.25, 0.3) is 5.91 Å². The molecule has 0 aromatic heterocycles. The number of carbonyl (C=O) groups is 2. The summed E-state index contributed by atoms with van der Waals surface area (Å²) in [6.07, 6.45) is 0.189. The number of hydrogen-bond donors (Lipinski definition) is 0. The van der Waals surface area contributed by atoms with E-state index < -0.39 is 18.3 Å². The highest BCUT2D eigenvalue weighted by atomic mass is 19.3. The molecule has 0 atom stereocenters. The number of ether oxygens (including phenoxy) is 1. The van der Waals surface area contributed by atoms with Gasteiger partial charge in [-0.3, -0.25) is 9.59 Å². The summed E-state index contributed by atoms with van der Waals surface area (Å²) in [7, 11) is 0. The third-order valence-electron chi connectivity index (χ3n) is 2.42. The summed E-state index contributed by atoms with van der Waals surface area (Å²) in [5, 5.41) is 0. The van der Waals surface area contributed by atoms with E-state index in [0.717, 1.165) is 0 Å². The fourth-order valence-electron chi connectivity index (χ4n) is 1.63. The molecular weight excluding hydrogens is 232 g/mol. The first-order chi connectivity index (χ1) is 8.08. The van der Waals surface area contributed by atoms with Crippen LogP contribution < -0.4 is 9.64 Å². The number of hydrogen-bond acceptors (Lipinski definition) is 3. The van der Waals surface area contributed by atoms with Crippen LogP contribution in [0, 0.1) is 0 Å². The number of halogens is 2. The topological polar surface area (TPSA) is 46.6 Å². The lowest BCUT2D eigenvalue weighted by Gasteiger charge is -2.14. The standard InChI is InChI=1S/C11H9F2NO3/c12-11(13)17-8-3-1-7(2-4-8)14-6-5-9(15)10(14)16/h1-4,11H,5-6H2. The molecule has 4 nitrogen and oxygen atoms in total. The number of amides is 1. The Hall–Kier alpha value is -1.98. The van der Waals surface area contributed by atoms with Crippen molar-refractivity contribution in [2.45, 2.75) is 13.0 Å². The smallest absolute Gasteiger partial charge is 0.387 e. The minimum absolute atomic E-state index is 0.0155. The number of rotatable bonds is 3. The van der Waals surface area contributed by atoms with E-state index >= 15 is 0 Å². The Morgan fingerprint density at radius 3 is 2.29 bits per heavy atom. The maximum Gasteiger partial charge on any atom is 0.387 e. The van der Waals surface area contributed by atoms with Gasteiger partial charge in [0.05, 0.1) is 0 Å². The Bertz CT molecular complexity index is 445. The molecule has 1 aliphatic rings. The number of benzene rings is 1. The number of nitrogens with zero attached hydrogens (tertiary/aromatic N) is 1. The van der Waals surface area contributed by atoms with Crippen molar-refractivity contribution >= 4 is 17.4 Å². The summed E-state index contributed by atoms with van der Waals surface area (Å²) in [6.45, 7) is -2.55. The van der Waals surface area contributed by atoms with Gasteiger partial charge in [0.2, 0.25) is 5.78 Å². The molecule has 1 fully saturated rings. The molecule has 0 aliphatic carbocycles. The summed E-state index contributed by atoms with van der Waals surface area (Å²) in [5.74, 6) is -0.979. The molecule has 17 heavy (non-hydrogen) atoms. The fraction of sp³-hybridized carbons (Fsp3) is 0.273. The van der Waals surface area contributed by atoms with Crippen molar-refractivity contribution in [3.8, 4) is 5.75 Å². The summed E-state index contributed by atoms with van der Waals surface area (Å²) in [6, 6.07) is 5.59. The van der Waals surface area contributed by atoms with Crippen LogP contribution in [0.5, 0.6) is 5.75 Å². The first-order valence-corrected chi connectivity index (χ1v) is 4.97. The normalized spacial score (nSPS) is 15.8. The van der Waals surface area contributed by atoms with Crippen molar-refractivity contribution in [2.24, 2.45) is 0 Å². The van der Waals surface area contributed by atoms with Crippen molar-refractivity contribution in [3.05, 3.63) is 24.3 Å². The van der Waals surface area contributed by atoms with Crippen molar-refractivity contribution in [2.75, 3.05) is 11.4 Å². The molecule has 1 saturated heterocycles. The van der Waals surface area contributed by atoms with Crippen LogP contribution >= 0.6 is 0 Å². The highest BCUT2D eigenvalue weighted by Crippen LogP contribution is 2.23. The molecular formula is C11H9F2NO3. The number of ketones is 1. The molecule has 0 N–H and O–H groups in total. The Labute approximate surface area is 95.8 Å². The predicted molar refractivity (Wildman–Crippen MR) is 55.1 cm³/mol. The minimum atomic E-state index is -2.88. The summed E-state index contributed by atoms with van der Waals surface area (Å²) < 4.78 is 28.0. The quantitative estimate of drug-likeness (QED) is 0.755. The maximum atomic E-state index is 11.9. The second kappa shape index (κ2) is 4.48. The molecule has 0 spiro atoms. The second-order valence-corrected chi connectivity index (χ2v) is 3.50. The summed E-state index contributed by atoms with van der Waals surface area (Å²) >= 11 is 0. The summed E-state index contributed by atoms with van der Waals surface area (Å²) in [4.78, 5) is 23.8. The van der Waals surface area contributed by atoms with Crippen LogP contribution in [0.2, 0.25) is 0 Å². The SMILES string of the molecule is O=C1CCN(c2ccc(OC(F)F)cc2)C1=O. The van der Waals surface area contributed by atoms with Crippen LogP contribution in [0.15, 0.2) is 24.3 Å². The highest BCUT2D eigenvalue weighted by Gasteiger charge is 2.30. The third-order valence-corrected chi connectivity index (χ3v) is 2.42. The Morgan fingerprint density at radius 1 is 1.18 bits per heavy atom. The van der Waals surface area contributed by atoms with E-state index in [1.54, 1.807) is 0 Å².